The van der Waals surface area contributed by atoms with Crippen molar-refractivity contribution in [2.45, 2.75) is 27.1 Å². The fourth-order valence-corrected chi connectivity index (χ4v) is 3.96. The minimum absolute atomic E-state index is 0.324. The fourth-order valence-electron chi connectivity index (χ4n) is 3.18. The summed E-state index contributed by atoms with van der Waals surface area (Å²) in [4.78, 5) is 4.40. The molecule has 7 nitrogen and oxygen atoms in total. The first-order valence-corrected chi connectivity index (χ1v) is 11.4. The molecule has 0 unspecified atom stereocenters. The number of aryl methyl sites for hydroxylation is 1. The van der Waals surface area contributed by atoms with E-state index in [-0.39, 0.29) is 0 Å². The van der Waals surface area contributed by atoms with Gasteiger partial charge < -0.3 is 14.2 Å². The average molecular weight is 556 g/mol. The molecule has 0 radical (unpaired) electrons. The number of methoxy groups -OCH3 is 1. The van der Waals surface area contributed by atoms with Gasteiger partial charge in [0.05, 0.1) is 23.0 Å². The van der Waals surface area contributed by atoms with Crippen LogP contribution in [0.1, 0.15) is 34.9 Å². The van der Waals surface area contributed by atoms with Gasteiger partial charge >= 0.3 is 0 Å². The van der Waals surface area contributed by atoms with Crippen LogP contribution in [0, 0.1) is 21.8 Å². The third-order valence-electron chi connectivity index (χ3n) is 4.58. The summed E-state index contributed by atoms with van der Waals surface area (Å²) in [6.45, 7) is 5.08. The van der Waals surface area contributed by atoms with Gasteiger partial charge in [0.25, 0.3) is 0 Å². The van der Waals surface area contributed by atoms with Crippen molar-refractivity contribution in [1.29, 1.82) is 5.26 Å². The average Bonchev–Trinajstić information content (AvgIpc) is 2.79. The molecule has 0 bridgehead atoms. The van der Waals surface area contributed by atoms with Gasteiger partial charge in [-0.3, -0.25) is 5.43 Å². The Labute approximate surface area is 207 Å². The molecule has 0 aliphatic rings. The smallest absolute Gasteiger partial charge is 0.175 e. The van der Waals surface area contributed by atoms with Crippen molar-refractivity contribution in [1.82, 2.24) is 4.98 Å². The molecule has 0 saturated heterocycles. The molecule has 1 heterocycles. The molecule has 33 heavy (non-hydrogen) atoms. The van der Waals surface area contributed by atoms with Gasteiger partial charge in [-0.15, -0.1) is 0 Å². The Kier molecular flexibility index (Phi) is 9.04. The Morgan fingerprint density at radius 3 is 2.64 bits per heavy atom. The molecule has 2 aromatic carbocycles. The van der Waals surface area contributed by atoms with Crippen LogP contribution in [0.4, 0.5) is 5.82 Å². The number of aromatic nitrogens is 1. The highest BCUT2D eigenvalue weighted by Crippen LogP contribution is 2.34. The monoisotopic (exact) mass is 556 g/mol. The van der Waals surface area contributed by atoms with E-state index in [4.69, 9.17) is 14.2 Å². The second-order valence-electron chi connectivity index (χ2n) is 7.10. The third-order valence-corrected chi connectivity index (χ3v) is 5.38. The van der Waals surface area contributed by atoms with E-state index < -0.39 is 0 Å². The molecule has 1 aromatic heterocycles. The SMILES string of the molecule is CCOc1cc(/C=N\Nc2nc(C)cc(COC)c2C#N)cc(I)c1OCc1ccccc1. The molecular weight excluding hydrogens is 531 g/mol. The summed E-state index contributed by atoms with van der Waals surface area (Å²) in [5.74, 6) is 1.74. The highest BCUT2D eigenvalue weighted by molar-refractivity contribution is 14.1. The van der Waals surface area contributed by atoms with E-state index in [1.807, 2.05) is 62.4 Å². The zero-order valence-electron chi connectivity index (χ0n) is 18.8. The van der Waals surface area contributed by atoms with E-state index in [1.54, 1.807) is 13.3 Å². The van der Waals surface area contributed by atoms with Gasteiger partial charge in [-0.2, -0.15) is 10.4 Å². The lowest BCUT2D eigenvalue weighted by Gasteiger charge is -2.15. The lowest BCUT2D eigenvalue weighted by Crippen LogP contribution is -2.04. The van der Waals surface area contributed by atoms with Gasteiger partial charge in [0.2, 0.25) is 0 Å². The van der Waals surface area contributed by atoms with Crippen LogP contribution in [-0.4, -0.2) is 24.9 Å². The number of nitrogens with zero attached hydrogens (tertiary/aromatic N) is 3. The van der Waals surface area contributed by atoms with Crippen LogP contribution in [0.25, 0.3) is 0 Å². The summed E-state index contributed by atoms with van der Waals surface area (Å²) in [6.07, 6.45) is 1.66. The zero-order valence-corrected chi connectivity index (χ0v) is 20.9. The summed E-state index contributed by atoms with van der Waals surface area (Å²) >= 11 is 2.23. The van der Waals surface area contributed by atoms with E-state index in [0.29, 0.717) is 42.7 Å². The van der Waals surface area contributed by atoms with Gasteiger partial charge in [0.1, 0.15) is 18.2 Å². The molecule has 1 N–H and O–H groups in total. The molecule has 0 aliphatic heterocycles. The van der Waals surface area contributed by atoms with Crippen molar-refractivity contribution in [3.8, 4) is 17.6 Å². The van der Waals surface area contributed by atoms with Crippen molar-refractivity contribution in [3.63, 3.8) is 0 Å². The Bertz CT molecular complexity index is 1160. The molecule has 0 saturated carbocycles. The number of benzene rings is 2. The van der Waals surface area contributed by atoms with Crippen molar-refractivity contribution in [2.75, 3.05) is 19.1 Å². The number of ether oxygens (including phenoxy) is 3. The molecule has 3 aromatic rings. The summed E-state index contributed by atoms with van der Waals surface area (Å²) in [5.41, 5.74) is 6.74. The quantitative estimate of drug-likeness (QED) is 0.203. The summed E-state index contributed by atoms with van der Waals surface area (Å²) in [7, 11) is 1.59. The Balaban J connectivity index is 1.81. The Morgan fingerprint density at radius 1 is 1.15 bits per heavy atom. The Morgan fingerprint density at radius 2 is 1.94 bits per heavy atom. The van der Waals surface area contributed by atoms with Crippen LogP contribution >= 0.6 is 22.6 Å². The maximum Gasteiger partial charge on any atom is 0.175 e. The van der Waals surface area contributed by atoms with E-state index in [1.165, 1.54) is 0 Å². The predicted molar refractivity (Wildman–Crippen MR) is 137 cm³/mol. The van der Waals surface area contributed by atoms with Gasteiger partial charge in [0.15, 0.2) is 17.3 Å². The van der Waals surface area contributed by atoms with Crippen LogP contribution in [0.5, 0.6) is 11.5 Å². The third kappa shape index (κ3) is 6.66. The number of nitrogens with one attached hydrogen (secondary N) is 1. The van der Waals surface area contributed by atoms with Gasteiger partial charge in [0, 0.05) is 18.4 Å². The van der Waals surface area contributed by atoms with Crippen molar-refractivity contribution < 1.29 is 14.2 Å². The van der Waals surface area contributed by atoms with Crippen LogP contribution in [0.3, 0.4) is 0 Å². The van der Waals surface area contributed by atoms with E-state index in [2.05, 4.69) is 44.2 Å². The molecule has 170 valence electrons. The van der Waals surface area contributed by atoms with Crippen molar-refractivity contribution in [2.24, 2.45) is 5.10 Å². The summed E-state index contributed by atoms with van der Waals surface area (Å²) < 4.78 is 18.0. The summed E-state index contributed by atoms with van der Waals surface area (Å²) in [6, 6.07) is 17.8. The second-order valence-corrected chi connectivity index (χ2v) is 8.26. The lowest BCUT2D eigenvalue weighted by molar-refractivity contribution is 0.184. The maximum atomic E-state index is 9.56. The maximum absolute atomic E-state index is 9.56. The molecule has 0 spiro atoms. The van der Waals surface area contributed by atoms with Crippen LogP contribution < -0.4 is 14.9 Å². The van der Waals surface area contributed by atoms with Crippen LogP contribution in [0.2, 0.25) is 0 Å². The first-order chi connectivity index (χ1) is 16.0. The number of anilines is 1. The number of nitriles is 1. The molecular formula is C25H25IN4O3. The number of hydrazone groups is 1. The highest BCUT2D eigenvalue weighted by atomic mass is 127. The van der Waals surface area contributed by atoms with Crippen LogP contribution in [0.15, 0.2) is 53.6 Å². The highest BCUT2D eigenvalue weighted by Gasteiger charge is 2.13. The number of hydrogen-bond donors (Lipinski definition) is 1. The van der Waals surface area contributed by atoms with E-state index in [9.17, 15) is 5.26 Å². The Hall–Kier alpha value is -3.16. The van der Waals surface area contributed by atoms with Crippen molar-refractivity contribution >= 4 is 34.6 Å². The molecule has 3 rings (SSSR count). The fraction of sp³-hybridized carbons (Fsp3) is 0.240. The standard InChI is InChI=1S/C25H25IN4O3/c1-4-32-23-12-19(11-22(26)24(23)33-15-18-8-6-5-7-9-18)14-28-30-25-21(13-27)20(16-31-3)10-17(2)29-25/h5-12,14H,4,15-16H2,1-3H3,(H,29,30)/b28-14-. The molecule has 0 aliphatic carbocycles. The lowest BCUT2D eigenvalue weighted by atomic mass is 10.1. The number of halogens is 1. The normalized spacial score (nSPS) is 10.8. The summed E-state index contributed by atoms with van der Waals surface area (Å²) in [5, 5.41) is 13.9. The van der Waals surface area contributed by atoms with Gasteiger partial charge in [-0.25, -0.2) is 4.98 Å². The largest absolute Gasteiger partial charge is 0.490 e. The second kappa shape index (κ2) is 12.2. The van der Waals surface area contributed by atoms with Crippen molar-refractivity contribution in [3.05, 3.63) is 80.0 Å². The minimum Gasteiger partial charge on any atom is -0.490 e. The predicted octanol–water partition coefficient (Wildman–Crippen LogP) is 5.44. The van der Waals surface area contributed by atoms with Gasteiger partial charge in [-0.05, 0) is 65.8 Å². The van der Waals surface area contributed by atoms with E-state index >= 15 is 0 Å². The topological polar surface area (TPSA) is 88.8 Å². The molecule has 0 atom stereocenters. The minimum atomic E-state index is 0.324. The molecule has 0 fully saturated rings. The molecule has 0 amide bonds. The molecule has 8 heteroatoms. The van der Waals surface area contributed by atoms with E-state index in [0.717, 1.165) is 26.0 Å². The number of pyridine rings is 1. The zero-order chi connectivity index (χ0) is 23.6. The van der Waals surface area contributed by atoms with Crippen LogP contribution in [-0.2, 0) is 18.0 Å². The first kappa shape index (κ1) is 24.5. The number of hydrogen-bond acceptors (Lipinski definition) is 7. The van der Waals surface area contributed by atoms with Gasteiger partial charge in [-0.1, -0.05) is 30.3 Å². The number of rotatable bonds is 10. The first-order valence-electron chi connectivity index (χ1n) is 10.4.